The molecule has 0 bridgehead atoms. The van der Waals surface area contributed by atoms with E-state index in [2.05, 4.69) is 23.4 Å². The van der Waals surface area contributed by atoms with Crippen LogP contribution >= 0.6 is 0 Å². The largest absolute Gasteiger partial charge is 0.333 e. The highest BCUT2D eigenvalue weighted by molar-refractivity contribution is 5.78. The van der Waals surface area contributed by atoms with Crippen LogP contribution < -0.4 is 10.2 Å². The third kappa shape index (κ3) is 4.75. The third-order valence-corrected chi connectivity index (χ3v) is 5.17. The van der Waals surface area contributed by atoms with E-state index in [-0.39, 0.29) is 11.8 Å². The van der Waals surface area contributed by atoms with E-state index in [1.54, 1.807) is 6.92 Å². The average molecular weight is 369 g/mol. The Kier molecular flexibility index (Phi) is 6.40. The number of para-hydroxylation sites is 1. The number of nitrogens with zero attached hydrogens (tertiary/aromatic N) is 3. The predicted octanol–water partition coefficient (Wildman–Crippen LogP) is 1.56. The van der Waals surface area contributed by atoms with E-state index in [9.17, 15) is 10.1 Å². The lowest BCUT2D eigenvalue weighted by molar-refractivity contribution is -0.885. The van der Waals surface area contributed by atoms with Crippen molar-refractivity contribution in [2.45, 2.75) is 46.7 Å². The molecule has 27 heavy (non-hydrogen) atoms. The molecule has 6 heteroatoms. The first-order valence-electron chi connectivity index (χ1n) is 9.32. The normalized spacial score (nSPS) is 14.4. The quantitative estimate of drug-likeness (QED) is 0.779. The number of amides is 1. The number of hydrogen-bond acceptors (Lipinski definition) is 3. The summed E-state index contributed by atoms with van der Waals surface area (Å²) in [5.41, 5.74) is 3.39. The van der Waals surface area contributed by atoms with Crippen LogP contribution in [0, 0.1) is 31.1 Å². The molecule has 0 saturated heterocycles. The van der Waals surface area contributed by atoms with E-state index in [0.29, 0.717) is 13.1 Å². The van der Waals surface area contributed by atoms with E-state index >= 15 is 0 Å². The van der Waals surface area contributed by atoms with E-state index < -0.39 is 5.54 Å². The fourth-order valence-electron chi connectivity index (χ4n) is 3.02. The Morgan fingerprint density at radius 3 is 2.52 bits per heavy atom. The molecule has 0 aliphatic heterocycles. The smallest absolute Gasteiger partial charge is 0.276 e. The molecule has 1 aromatic carbocycles. The summed E-state index contributed by atoms with van der Waals surface area (Å²) in [6, 6.07) is 12.2. The molecule has 0 aliphatic carbocycles. The Bertz CT molecular complexity index is 834. The van der Waals surface area contributed by atoms with Crippen molar-refractivity contribution in [1.29, 1.82) is 5.26 Å². The summed E-state index contributed by atoms with van der Waals surface area (Å²) >= 11 is 0. The summed E-state index contributed by atoms with van der Waals surface area (Å²) in [7, 11) is 1.98. The van der Waals surface area contributed by atoms with E-state index in [1.807, 2.05) is 62.8 Å². The highest BCUT2D eigenvalue weighted by Gasteiger charge is 2.31. The van der Waals surface area contributed by atoms with Crippen LogP contribution in [0.3, 0.4) is 0 Å². The second-order valence-corrected chi connectivity index (χ2v) is 7.72. The maximum absolute atomic E-state index is 12.4. The molecule has 1 heterocycles. The maximum atomic E-state index is 12.4. The summed E-state index contributed by atoms with van der Waals surface area (Å²) in [5.74, 6) is -0.0728. The number of quaternary nitrogens is 1. The molecule has 6 nitrogen and oxygen atoms in total. The Morgan fingerprint density at radius 1 is 1.33 bits per heavy atom. The van der Waals surface area contributed by atoms with Crippen molar-refractivity contribution in [3.05, 3.63) is 47.3 Å². The Labute approximate surface area is 161 Å². The van der Waals surface area contributed by atoms with Gasteiger partial charge in [0.05, 0.1) is 35.8 Å². The molecule has 2 aromatic rings. The molecule has 1 amide bonds. The van der Waals surface area contributed by atoms with Crippen molar-refractivity contribution < 1.29 is 9.69 Å². The van der Waals surface area contributed by atoms with Gasteiger partial charge in [-0.25, -0.2) is 4.68 Å². The van der Waals surface area contributed by atoms with Crippen LogP contribution in [0.1, 0.15) is 37.7 Å². The number of hydrogen-bond donors (Lipinski definition) is 2. The Hall–Kier alpha value is -2.65. The molecule has 2 rings (SSSR count). The lowest BCUT2D eigenvalue weighted by Crippen LogP contribution is -3.09. The summed E-state index contributed by atoms with van der Waals surface area (Å²) in [6.07, 6.45) is 0. The Balaban J connectivity index is 2.08. The third-order valence-electron chi connectivity index (χ3n) is 5.17. The van der Waals surface area contributed by atoms with Crippen LogP contribution in [0.15, 0.2) is 30.3 Å². The number of likely N-dealkylation sites (N-methyl/N-ethyl adjacent to an activating group) is 1. The second-order valence-electron chi connectivity index (χ2n) is 7.72. The van der Waals surface area contributed by atoms with Crippen molar-refractivity contribution in [2.75, 3.05) is 13.6 Å². The maximum Gasteiger partial charge on any atom is 0.276 e. The molecule has 2 atom stereocenters. The van der Waals surface area contributed by atoms with Gasteiger partial charge in [0.1, 0.15) is 12.1 Å². The molecule has 0 aliphatic rings. The summed E-state index contributed by atoms with van der Waals surface area (Å²) in [6.45, 7) is 10.7. The molecule has 1 aromatic heterocycles. The second kappa shape index (κ2) is 8.36. The molecule has 0 saturated carbocycles. The molecule has 2 N–H and O–H groups in total. The van der Waals surface area contributed by atoms with Crippen LogP contribution in [0.4, 0.5) is 0 Å². The van der Waals surface area contributed by atoms with Gasteiger partial charge in [-0.15, -0.1) is 0 Å². The van der Waals surface area contributed by atoms with Crippen LogP contribution in [-0.4, -0.2) is 34.8 Å². The monoisotopic (exact) mass is 368 g/mol. The van der Waals surface area contributed by atoms with Gasteiger partial charge in [0.15, 0.2) is 6.54 Å². The lowest BCUT2D eigenvalue weighted by Gasteiger charge is -2.27. The molecular weight excluding hydrogens is 338 g/mol. The number of carbonyl (C=O) groups is 1. The highest BCUT2D eigenvalue weighted by atomic mass is 16.2. The average Bonchev–Trinajstić information content (AvgIpc) is 2.90. The van der Waals surface area contributed by atoms with Gasteiger partial charge in [0.25, 0.3) is 5.91 Å². The molecule has 0 fully saturated rings. The fourth-order valence-corrected chi connectivity index (χ4v) is 3.02. The van der Waals surface area contributed by atoms with E-state index in [0.717, 1.165) is 27.5 Å². The van der Waals surface area contributed by atoms with Gasteiger partial charge in [0.2, 0.25) is 0 Å². The zero-order valence-electron chi connectivity index (χ0n) is 17.1. The highest BCUT2D eigenvalue weighted by Crippen LogP contribution is 2.17. The Morgan fingerprint density at radius 2 is 1.96 bits per heavy atom. The van der Waals surface area contributed by atoms with Crippen LogP contribution in [0.5, 0.6) is 0 Å². The minimum Gasteiger partial charge on any atom is -0.333 e. The van der Waals surface area contributed by atoms with Gasteiger partial charge in [0, 0.05) is 0 Å². The van der Waals surface area contributed by atoms with Gasteiger partial charge >= 0.3 is 0 Å². The van der Waals surface area contributed by atoms with Gasteiger partial charge in [-0.3, -0.25) is 4.79 Å². The minimum atomic E-state index is -0.846. The summed E-state index contributed by atoms with van der Waals surface area (Å²) in [5, 5.41) is 16.9. The van der Waals surface area contributed by atoms with Crippen LogP contribution in [0.2, 0.25) is 0 Å². The molecule has 144 valence electrons. The van der Waals surface area contributed by atoms with Crippen molar-refractivity contribution in [3.63, 3.8) is 0 Å². The number of carbonyl (C=O) groups excluding carboxylic acids is 1. The van der Waals surface area contributed by atoms with Crippen molar-refractivity contribution >= 4 is 5.91 Å². The van der Waals surface area contributed by atoms with E-state index in [1.165, 1.54) is 0 Å². The van der Waals surface area contributed by atoms with Crippen LogP contribution in [0.25, 0.3) is 5.69 Å². The number of nitrogens with one attached hydrogen (secondary N) is 2. The zero-order valence-corrected chi connectivity index (χ0v) is 17.1. The number of nitriles is 1. The number of benzene rings is 1. The number of aryl methyl sites for hydroxylation is 1. The molecule has 0 spiro atoms. The molecule has 0 radical (unpaired) electrons. The minimum absolute atomic E-state index is 0.0420. The zero-order chi connectivity index (χ0) is 20.2. The van der Waals surface area contributed by atoms with E-state index in [4.69, 9.17) is 0 Å². The van der Waals surface area contributed by atoms with Crippen molar-refractivity contribution in [3.8, 4) is 11.8 Å². The first-order chi connectivity index (χ1) is 12.7. The predicted molar refractivity (Wildman–Crippen MR) is 105 cm³/mol. The SMILES string of the molecule is Cc1nn(-c2ccccc2)c(C)c1C[NH+](C)CC(=O)N[C@@](C)(C#N)C(C)C. The first-order valence-corrected chi connectivity index (χ1v) is 9.32. The molecular formula is C21H30N5O+. The fraction of sp³-hybridized carbons (Fsp3) is 0.476. The van der Waals surface area contributed by atoms with Crippen LogP contribution in [-0.2, 0) is 11.3 Å². The van der Waals surface area contributed by atoms with Gasteiger partial charge in [-0.1, -0.05) is 32.0 Å². The van der Waals surface area contributed by atoms with Crippen molar-refractivity contribution in [2.24, 2.45) is 5.92 Å². The summed E-state index contributed by atoms with van der Waals surface area (Å²) < 4.78 is 1.95. The summed E-state index contributed by atoms with van der Waals surface area (Å²) in [4.78, 5) is 13.5. The van der Waals surface area contributed by atoms with Gasteiger partial charge in [-0.2, -0.15) is 10.4 Å². The standard InChI is InChI=1S/C21H29N5O/c1-15(2)21(5,14-22)23-20(27)13-25(6)12-19-16(3)24-26(17(19)4)18-10-8-7-9-11-18/h7-11,15H,12-13H2,1-6H3,(H,23,27)/p+1/t21-/m0/s1. The topological polar surface area (TPSA) is 75.2 Å². The molecule has 1 unspecified atom stereocenters. The number of rotatable bonds is 7. The van der Waals surface area contributed by atoms with Gasteiger partial charge < -0.3 is 10.2 Å². The van der Waals surface area contributed by atoms with Gasteiger partial charge in [-0.05, 0) is 38.8 Å². The number of aromatic nitrogens is 2. The lowest BCUT2D eigenvalue weighted by atomic mass is 9.90. The van der Waals surface area contributed by atoms with Crippen molar-refractivity contribution in [1.82, 2.24) is 15.1 Å². The first kappa shape index (κ1) is 20.7.